The zero-order valence-electron chi connectivity index (χ0n) is 46.9. The molecule has 424 valence electrons. The van der Waals surface area contributed by atoms with Crippen molar-refractivity contribution in [3.8, 4) is 0 Å². The molecule has 0 spiro atoms. The fraction of sp³-hybridized carbons (Fsp3) is 0.455. The van der Waals surface area contributed by atoms with E-state index < -0.39 is 0 Å². The molecule has 10 rings (SSSR count). The minimum absolute atomic E-state index is 0.0237. The van der Waals surface area contributed by atoms with Gasteiger partial charge in [-0.25, -0.2) is 0 Å². The van der Waals surface area contributed by atoms with E-state index in [1.165, 1.54) is 49.7 Å². The van der Waals surface area contributed by atoms with Crippen molar-refractivity contribution in [1.29, 1.82) is 0 Å². The molecular formula is C66H82Cl2N8O4. The lowest BCUT2D eigenvalue weighted by atomic mass is 10.00. The van der Waals surface area contributed by atoms with Crippen LogP contribution in [0.2, 0.25) is 10.0 Å². The van der Waals surface area contributed by atoms with Gasteiger partial charge in [-0.15, -0.1) is 0 Å². The largest absolute Gasteiger partial charge is 0.350 e. The zero-order valence-corrected chi connectivity index (χ0v) is 48.4. The van der Waals surface area contributed by atoms with Crippen LogP contribution >= 0.6 is 23.2 Å². The lowest BCUT2D eigenvalue weighted by Gasteiger charge is -2.30. The van der Waals surface area contributed by atoms with Crippen molar-refractivity contribution in [3.63, 3.8) is 0 Å². The van der Waals surface area contributed by atoms with E-state index in [-0.39, 0.29) is 59.6 Å². The van der Waals surface area contributed by atoms with Gasteiger partial charge in [0, 0.05) is 85.6 Å². The Labute approximate surface area is 484 Å². The van der Waals surface area contributed by atoms with Crippen LogP contribution in [-0.2, 0) is 9.59 Å². The number of nitrogens with zero attached hydrogens (tertiary/aromatic N) is 4. The van der Waals surface area contributed by atoms with E-state index in [1.807, 2.05) is 143 Å². The van der Waals surface area contributed by atoms with Crippen molar-refractivity contribution >= 4 is 68.4 Å². The first-order valence-electron chi connectivity index (χ1n) is 29.5. The Morgan fingerprint density at radius 1 is 0.500 bits per heavy atom. The van der Waals surface area contributed by atoms with Gasteiger partial charge in [0.25, 0.3) is 11.8 Å². The molecule has 4 aliphatic rings. The maximum Gasteiger partial charge on any atom is 0.251 e. The van der Waals surface area contributed by atoms with Gasteiger partial charge in [-0.3, -0.25) is 19.2 Å². The molecule has 4 saturated heterocycles. The molecule has 4 heterocycles. The van der Waals surface area contributed by atoms with Crippen LogP contribution in [0, 0.1) is 0 Å². The highest BCUT2D eigenvalue weighted by Gasteiger charge is 2.34. The maximum atomic E-state index is 13.8. The summed E-state index contributed by atoms with van der Waals surface area (Å²) in [6, 6.07) is 43.1. The summed E-state index contributed by atoms with van der Waals surface area (Å²) in [7, 11) is 0. The Bertz CT molecular complexity index is 2780. The number of rotatable bonds is 18. The van der Waals surface area contributed by atoms with Crippen molar-refractivity contribution < 1.29 is 19.2 Å². The third-order valence-corrected chi connectivity index (χ3v) is 17.4. The Balaban J connectivity index is 0.000000194. The SMILES string of the molecule is CC(CN1CC[C@@H](CNC(=O)c2ccc3ccccc3c2)N[C@@H](CCN2CCCCC2)C1=O)c1ccc(Cl)cc1.CC(CN1CC[C@@H](CNC(=O)c2ccc3ccccc3c2)N[C@@H](CCN2CCCCC2)C1=O)c1ccc(Cl)cc1. The van der Waals surface area contributed by atoms with E-state index in [1.54, 1.807) is 0 Å². The fourth-order valence-corrected chi connectivity index (χ4v) is 12.3. The number of carbonyl (C=O) groups excluding carboxylic acids is 4. The standard InChI is InChI=1S/2C33H41ClN4O2/c2*1-24(25-11-13-29(34)14-12-25)23-38-20-15-30(36-31(33(38)40)16-19-37-17-5-2-6-18-37)22-35-32(39)28-10-9-26-7-3-4-8-27(26)21-28/h2*3-4,7-14,21,24,30-31,36H,2,5-6,15-20,22-23H2,1H3,(H,35,39)/t2*24?,30-,31-/m00/s1. The average molecular weight is 1120 g/mol. The highest BCUT2D eigenvalue weighted by atomic mass is 35.5. The smallest absolute Gasteiger partial charge is 0.251 e. The van der Waals surface area contributed by atoms with Crippen LogP contribution in [-0.4, -0.2) is 146 Å². The van der Waals surface area contributed by atoms with Crippen molar-refractivity contribution in [2.75, 3.05) is 78.5 Å². The van der Waals surface area contributed by atoms with Crippen LogP contribution in [0.25, 0.3) is 21.5 Å². The van der Waals surface area contributed by atoms with Gasteiger partial charge in [0.05, 0.1) is 12.1 Å². The molecule has 6 aromatic carbocycles. The summed E-state index contributed by atoms with van der Waals surface area (Å²) in [6.07, 6.45) is 10.7. The molecule has 2 unspecified atom stereocenters. The van der Waals surface area contributed by atoms with Gasteiger partial charge in [0.1, 0.15) is 0 Å². The average Bonchev–Trinajstić information content (AvgIpc) is 3.73. The molecule has 4 N–H and O–H groups in total. The normalized spacial score (nSPS) is 21.2. The molecule has 14 heteroatoms. The highest BCUT2D eigenvalue weighted by molar-refractivity contribution is 6.30. The predicted octanol–water partition coefficient (Wildman–Crippen LogP) is 10.9. The van der Waals surface area contributed by atoms with E-state index in [4.69, 9.17) is 23.2 Å². The number of halogens is 2. The number of nitrogens with one attached hydrogen (secondary N) is 4. The number of hydrogen-bond acceptors (Lipinski definition) is 8. The first kappa shape index (κ1) is 58.8. The van der Waals surface area contributed by atoms with E-state index in [0.29, 0.717) is 50.4 Å². The summed E-state index contributed by atoms with van der Waals surface area (Å²) in [5.41, 5.74) is 3.67. The van der Waals surface area contributed by atoms with Gasteiger partial charge in [0.2, 0.25) is 11.8 Å². The summed E-state index contributed by atoms with van der Waals surface area (Å²) in [6.45, 7) is 14.3. The van der Waals surface area contributed by atoms with Crippen molar-refractivity contribution in [1.82, 2.24) is 40.9 Å². The van der Waals surface area contributed by atoms with E-state index in [9.17, 15) is 19.2 Å². The van der Waals surface area contributed by atoms with Gasteiger partial charge in [0.15, 0.2) is 0 Å². The molecule has 0 saturated carbocycles. The molecule has 4 aliphatic heterocycles. The van der Waals surface area contributed by atoms with Crippen molar-refractivity contribution in [3.05, 3.63) is 166 Å². The predicted molar refractivity (Wildman–Crippen MR) is 326 cm³/mol. The minimum Gasteiger partial charge on any atom is -0.350 e. The molecule has 0 bridgehead atoms. The maximum absolute atomic E-state index is 13.8. The Morgan fingerprint density at radius 2 is 0.875 bits per heavy atom. The quantitative estimate of drug-likeness (QED) is 0.0670. The molecule has 0 aromatic heterocycles. The lowest BCUT2D eigenvalue weighted by Crippen LogP contribution is -2.50. The molecule has 12 nitrogen and oxygen atoms in total. The fourth-order valence-electron chi connectivity index (χ4n) is 12.0. The molecule has 6 atom stereocenters. The van der Waals surface area contributed by atoms with Crippen LogP contribution in [0.1, 0.15) is 122 Å². The molecule has 0 aliphatic carbocycles. The van der Waals surface area contributed by atoms with Crippen LogP contribution in [0.5, 0.6) is 0 Å². The third kappa shape index (κ3) is 16.6. The van der Waals surface area contributed by atoms with Crippen LogP contribution in [0.15, 0.2) is 133 Å². The van der Waals surface area contributed by atoms with E-state index in [0.717, 1.165) is 96.5 Å². The Morgan fingerprint density at radius 3 is 1.26 bits per heavy atom. The number of benzene rings is 6. The topological polar surface area (TPSA) is 129 Å². The van der Waals surface area contributed by atoms with Crippen LogP contribution in [0.4, 0.5) is 0 Å². The second-order valence-electron chi connectivity index (χ2n) is 22.8. The van der Waals surface area contributed by atoms with Gasteiger partial charge < -0.3 is 40.9 Å². The number of piperidine rings is 2. The molecule has 4 fully saturated rings. The Hall–Kier alpha value is -5.86. The first-order chi connectivity index (χ1) is 38.9. The monoisotopic (exact) mass is 1120 g/mol. The van der Waals surface area contributed by atoms with Crippen molar-refractivity contribution in [2.24, 2.45) is 0 Å². The molecule has 0 radical (unpaired) electrons. The van der Waals surface area contributed by atoms with Gasteiger partial charge in [-0.1, -0.05) is 135 Å². The zero-order chi connectivity index (χ0) is 55.8. The summed E-state index contributed by atoms with van der Waals surface area (Å²) < 4.78 is 0. The van der Waals surface area contributed by atoms with E-state index >= 15 is 0 Å². The van der Waals surface area contributed by atoms with Crippen molar-refractivity contribution in [2.45, 2.75) is 114 Å². The summed E-state index contributed by atoms with van der Waals surface area (Å²) in [4.78, 5) is 62.7. The molecule has 4 amide bonds. The number of hydrogen-bond donors (Lipinski definition) is 4. The summed E-state index contributed by atoms with van der Waals surface area (Å²) in [5.74, 6) is 0.575. The van der Waals surface area contributed by atoms with E-state index in [2.05, 4.69) is 44.9 Å². The van der Waals surface area contributed by atoms with Gasteiger partial charge in [-0.05, 0) is 171 Å². The van der Waals surface area contributed by atoms with Crippen LogP contribution < -0.4 is 21.3 Å². The lowest BCUT2D eigenvalue weighted by molar-refractivity contribution is -0.134. The number of amides is 4. The Kier molecular flexibility index (Phi) is 21.5. The third-order valence-electron chi connectivity index (χ3n) is 16.9. The number of fused-ring (bicyclic) bond motifs is 2. The van der Waals surface area contributed by atoms with Crippen LogP contribution in [0.3, 0.4) is 0 Å². The van der Waals surface area contributed by atoms with Gasteiger partial charge >= 0.3 is 0 Å². The molecule has 80 heavy (non-hydrogen) atoms. The molecule has 6 aromatic rings. The molecular weight excluding hydrogens is 1040 g/mol. The second-order valence-corrected chi connectivity index (χ2v) is 23.7. The van der Waals surface area contributed by atoms with Gasteiger partial charge in [-0.2, -0.15) is 0 Å². The summed E-state index contributed by atoms with van der Waals surface area (Å²) in [5, 5.41) is 19.3. The number of likely N-dealkylation sites (tertiary alicyclic amines) is 2. The second kappa shape index (κ2) is 29.2. The first-order valence-corrected chi connectivity index (χ1v) is 30.3. The minimum atomic E-state index is -0.260. The number of carbonyl (C=O) groups is 4. The highest BCUT2D eigenvalue weighted by Crippen LogP contribution is 2.25. The summed E-state index contributed by atoms with van der Waals surface area (Å²) >= 11 is 12.2.